The summed E-state index contributed by atoms with van der Waals surface area (Å²) in [5.74, 6) is 4.48. The van der Waals surface area contributed by atoms with E-state index in [0.29, 0.717) is 4.68 Å². The molecule has 2 heterocycles. The second-order valence-electron chi connectivity index (χ2n) is 6.03. The maximum atomic E-state index is 13.0. The molecule has 3 N–H and O–H groups in total. The average Bonchev–Trinajstić information content (AvgIpc) is 3.21. The van der Waals surface area contributed by atoms with Gasteiger partial charge in [-0.3, -0.25) is 4.79 Å². The van der Waals surface area contributed by atoms with Crippen LogP contribution in [0.3, 0.4) is 0 Å². The van der Waals surface area contributed by atoms with Gasteiger partial charge in [0.05, 0.1) is 32.5 Å². The third-order valence-corrected chi connectivity index (χ3v) is 6.06. The van der Waals surface area contributed by atoms with E-state index in [0.717, 1.165) is 17.1 Å². The Balaban J connectivity index is 1.99. The number of nitrogens with two attached hydrogens (primary N) is 1. The summed E-state index contributed by atoms with van der Waals surface area (Å²) in [7, 11) is -4.00. The standard InChI is InChI=1S/C18H13N5O5S/c19-23-16(24)15-13(21-18(23)22-10-11(9-20-22)17(25)26)7-4-8-14(15)29(27,28)12-5-2-1-3-6-12/h1-10H,19H2,(H,25,26). The number of rotatable bonds is 4. The molecule has 2 aromatic carbocycles. The fraction of sp³-hybridized carbons (Fsp3) is 0. The molecule has 0 radical (unpaired) electrons. The molecule has 10 nitrogen and oxygen atoms in total. The number of sulfone groups is 1. The lowest BCUT2D eigenvalue weighted by Crippen LogP contribution is -2.33. The molecule has 0 aliphatic heterocycles. The minimum atomic E-state index is -4.00. The molecule has 0 fully saturated rings. The number of aromatic carboxylic acids is 1. The van der Waals surface area contributed by atoms with Crippen LogP contribution in [0.1, 0.15) is 10.4 Å². The largest absolute Gasteiger partial charge is 0.478 e. The Kier molecular flexibility index (Phi) is 4.16. The third-order valence-electron chi connectivity index (χ3n) is 4.25. The number of aromatic nitrogens is 4. The molecule has 146 valence electrons. The van der Waals surface area contributed by atoms with Crippen LogP contribution >= 0.6 is 0 Å². The molecule has 0 spiro atoms. The van der Waals surface area contributed by atoms with Gasteiger partial charge in [-0.1, -0.05) is 24.3 Å². The molecule has 2 aromatic heterocycles. The van der Waals surface area contributed by atoms with E-state index in [1.807, 2.05) is 0 Å². The minimum absolute atomic E-state index is 0.0257. The Labute approximate surface area is 163 Å². The van der Waals surface area contributed by atoms with E-state index < -0.39 is 21.4 Å². The van der Waals surface area contributed by atoms with Crippen molar-refractivity contribution in [1.82, 2.24) is 19.4 Å². The molecule has 0 bridgehead atoms. The van der Waals surface area contributed by atoms with Crippen LogP contribution in [-0.2, 0) is 9.84 Å². The number of carbonyl (C=O) groups is 1. The molecule has 0 saturated carbocycles. The van der Waals surface area contributed by atoms with Gasteiger partial charge in [0.1, 0.15) is 0 Å². The molecule has 4 rings (SSSR count). The van der Waals surface area contributed by atoms with Crippen LogP contribution in [0.5, 0.6) is 0 Å². The van der Waals surface area contributed by atoms with Gasteiger partial charge in [0.2, 0.25) is 9.84 Å². The molecule has 0 unspecified atom stereocenters. The number of hydrogen-bond acceptors (Lipinski definition) is 7. The van der Waals surface area contributed by atoms with Gasteiger partial charge in [-0.05, 0) is 24.3 Å². The summed E-state index contributed by atoms with van der Waals surface area (Å²) in [6.07, 6.45) is 2.22. The van der Waals surface area contributed by atoms with Crippen LogP contribution < -0.4 is 11.4 Å². The van der Waals surface area contributed by atoms with Crippen molar-refractivity contribution < 1.29 is 18.3 Å². The number of nitrogen functional groups attached to an aromatic ring is 1. The Bertz CT molecular complexity index is 1420. The fourth-order valence-corrected chi connectivity index (χ4v) is 4.34. The highest BCUT2D eigenvalue weighted by Crippen LogP contribution is 2.25. The highest BCUT2D eigenvalue weighted by molar-refractivity contribution is 7.91. The topological polar surface area (TPSA) is 150 Å². The van der Waals surface area contributed by atoms with Crippen molar-refractivity contribution >= 4 is 26.7 Å². The maximum Gasteiger partial charge on any atom is 0.338 e. The summed E-state index contributed by atoms with van der Waals surface area (Å²) in [5, 5.41) is 12.7. The normalized spacial score (nSPS) is 11.6. The van der Waals surface area contributed by atoms with E-state index in [4.69, 9.17) is 10.9 Å². The molecule has 0 atom stereocenters. The van der Waals surface area contributed by atoms with Crippen molar-refractivity contribution in [2.24, 2.45) is 0 Å². The first-order chi connectivity index (χ1) is 13.8. The van der Waals surface area contributed by atoms with Crippen molar-refractivity contribution in [3.05, 3.63) is 76.8 Å². The van der Waals surface area contributed by atoms with Crippen LogP contribution in [0, 0.1) is 0 Å². The summed E-state index contributed by atoms with van der Waals surface area (Å²) in [5.41, 5.74) is -0.858. The first-order valence-electron chi connectivity index (χ1n) is 8.20. The van der Waals surface area contributed by atoms with Crippen LogP contribution in [0.15, 0.2) is 75.5 Å². The van der Waals surface area contributed by atoms with Crippen molar-refractivity contribution in [3.63, 3.8) is 0 Å². The Morgan fingerprint density at radius 3 is 2.45 bits per heavy atom. The van der Waals surface area contributed by atoms with Crippen molar-refractivity contribution in [2.45, 2.75) is 9.79 Å². The number of hydrogen-bond donors (Lipinski definition) is 2. The quantitative estimate of drug-likeness (QED) is 0.469. The van der Waals surface area contributed by atoms with Crippen LogP contribution in [0.4, 0.5) is 0 Å². The predicted octanol–water partition coefficient (Wildman–Crippen LogP) is 0.827. The molecule has 0 aliphatic carbocycles. The molecule has 4 aromatic rings. The summed E-state index contributed by atoms with van der Waals surface area (Å²) < 4.78 is 27.8. The monoisotopic (exact) mass is 411 g/mol. The van der Waals surface area contributed by atoms with Gasteiger partial charge in [0.25, 0.3) is 11.5 Å². The van der Waals surface area contributed by atoms with Gasteiger partial charge in [0.15, 0.2) is 0 Å². The summed E-state index contributed by atoms with van der Waals surface area (Å²) in [6, 6.07) is 11.9. The minimum Gasteiger partial charge on any atom is -0.478 e. The van der Waals surface area contributed by atoms with Crippen molar-refractivity contribution in [3.8, 4) is 5.95 Å². The summed E-state index contributed by atoms with van der Waals surface area (Å²) in [6.45, 7) is 0. The highest BCUT2D eigenvalue weighted by Gasteiger charge is 2.24. The lowest BCUT2D eigenvalue weighted by molar-refractivity contribution is 0.0697. The highest BCUT2D eigenvalue weighted by atomic mass is 32.2. The second-order valence-corrected chi connectivity index (χ2v) is 7.95. The molecule has 0 aliphatic rings. The third kappa shape index (κ3) is 2.93. The Hall–Kier alpha value is -3.99. The molecular formula is C18H13N5O5S. The van der Waals surface area contributed by atoms with E-state index in [1.165, 1.54) is 30.3 Å². The van der Waals surface area contributed by atoms with E-state index in [-0.39, 0.29) is 32.2 Å². The van der Waals surface area contributed by atoms with Gasteiger partial charge in [-0.15, -0.1) is 0 Å². The van der Waals surface area contributed by atoms with E-state index in [1.54, 1.807) is 18.2 Å². The lowest BCUT2D eigenvalue weighted by Gasteiger charge is -2.11. The van der Waals surface area contributed by atoms with Gasteiger partial charge in [-0.25, -0.2) is 22.9 Å². The maximum absolute atomic E-state index is 13.0. The Morgan fingerprint density at radius 1 is 1.07 bits per heavy atom. The van der Waals surface area contributed by atoms with E-state index in [9.17, 15) is 18.0 Å². The van der Waals surface area contributed by atoms with Gasteiger partial charge >= 0.3 is 5.97 Å². The molecule has 0 amide bonds. The van der Waals surface area contributed by atoms with Crippen molar-refractivity contribution in [2.75, 3.05) is 5.84 Å². The first kappa shape index (κ1) is 18.4. The summed E-state index contributed by atoms with van der Waals surface area (Å²) in [4.78, 5) is 28.0. The van der Waals surface area contributed by atoms with Crippen LogP contribution in [0.2, 0.25) is 0 Å². The van der Waals surface area contributed by atoms with Crippen LogP contribution in [0.25, 0.3) is 16.9 Å². The second kappa shape index (κ2) is 6.56. The molecular weight excluding hydrogens is 398 g/mol. The van der Waals surface area contributed by atoms with E-state index >= 15 is 0 Å². The fourth-order valence-electron chi connectivity index (χ4n) is 2.86. The molecule has 11 heteroatoms. The number of nitrogens with zero attached hydrogens (tertiary/aromatic N) is 4. The average molecular weight is 411 g/mol. The zero-order valence-corrected chi connectivity index (χ0v) is 15.4. The number of benzene rings is 2. The first-order valence-corrected chi connectivity index (χ1v) is 9.68. The number of carboxylic acids is 1. The zero-order chi connectivity index (χ0) is 20.8. The van der Waals surface area contributed by atoms with Gasteiger partial charge in [-0.2, -0.15) is 9.77 Å². The SMILES string of the molecule is Nn1c(-n2cc(C(=O)O)cn2)nc2cccc(S(=O)(=O)c3ccccc3)c2c1=O. The van der Waals surface area contributed by atoms with Crippen LogP contribution in [-0.4, -0.2) is 38.9 Å². The van der Waals surface area contributed by atoms with E-state index in [2.05, 4.69) is 10.1 Å². The molecule has 29 heavy (non-hydrogen) atoms. The number of fused-ring (bicyclic) bond motifs is 1. The summed E-state index contributed by atoms with van der Waals surface area (Å²) >= 11 is 0. The molecule has 0 saturated heterocycles. The predicted molar refractivity (Wildman–Crippen MR) is 102 cm³/mol. The van der Waals surface area contributed by atoms with Crippen molar-refractivity contribution in [1.29, 1.82) is 0 Å². The lowest BCUT2D eigenvalue weighted by atomic mass is 10.2. The van der Waals surface area contributed by atoms with Gasteiger partial charge in [0, 0.05) is 6.20 Å². The Morgan fingerprint density at radius 2 is 1.79 bits per heavy atom. The van der Waals surface area contributed by atoms with Gasteiger partial charge < -0.3 is 10.9 Å². The smallest absolute Gasteiger partial charge is 0.338 e. The zero-order valence-electron chi connectivity index (χ0n) is 14.6. The number of carboxylic acid groups (broad SMARTS) is 1.